The Balaban J connectivity index is 3.01. The maximum absolute atomic E-state index is 11.2. The van der Waals surface area contributed by atoms with Crippen molar-refractivity contribution in [2.24, 2.45) is 5.73 Å². The summed E-state index contributed by atoms with van der Waals surface area (Å²) in [5.74, 6) is 5.06. The van der Waals surface area contributed by atoms with Gasteiger partial charge in [0, 0.05) is 11.1 Å². The standard InChI is InChI=1S/C13H13NO2/c1-9-6-7-12(10(2)15)8-11(9)4-3-5-13(14)16/h6-8H,5H2,1-2H3,(H2,14,16). The molecule has 0 unspecified atom stereocenters. The number of ketones is 1. The molecule has 0 aliphatic heterocycles. The minimum Gasteiger partial charge on any atom is -0.369 e. The monoisotopic (exact) mass is 215 g/mol. The third-order valence-electron chi connectivity index (χ3n) is 2.13. The quantitative estimate of drug-likeness (QED) is 0.599. The van der Waals surface area contributed by atoms with Crippen LogP contribution in [0.15, 0.2) is 18.2 Å². The van der Waals surface area contributed by atoms with Crippen LogP contribution in [-0.4, -0.2) is 11.7 Å². The average molecular weight is 215 g/mol. The van der Waals surface area contributed by atoms with Gasteiger partial charge in [0.2, 0.25) is 5.91 Å². The van der Waals surface area contributed by atoms with Crippen LogP contribution < -0.4 is 5.73 Å². The van der Waals surface area contributed by atoms with E-state index in [2.05, 4.69) is 11.8 Å². The Bertz CT molecular complexity index is 492. The van der Waals surface area contributed by atoms with Crippen LogP contribution in [0, 0.1) is 18.8 Å². The van der Waals surface area contributed by atoms with Gasteiger partial charge in [-0.05, 0) is 25.5 Å². The number of rotatable bonds is 2. The Morgan fingerprint density at radius 3 is 2.62 bits per heavy atom. The molecule has 0 heterocycles. The average Bonchev–Trinajstić information content (AvgIpc) is 2.20. The topological polar surface area (TPSA) is 60.2 Å². The molecule has 0 aromatic heterocycles. The molecule has 1 aromatic carbocycles. The number of benzene rings is 1. The molecule has 0 fully saturated rings. The minimum atomic E-state index is -0.451. The molecule has 0 aliphatic rings. The van der Waals surface area contributed by atoms with Gasteiger partial charge in [-0.15, -0.1) is 0 Å². The number of Topliss-reactive ketones (excluding diaryl/α,β-unsaturated/α-hetero) is 1. The van der Waals surface area contributed by atoms with Crippen molar-refractivity contribution in [1.29, 1.82) is 0 Å². The van der Waals surface area contributed by atoms with Crippen LogP contribution in [-0.2, 0) is 4.79 Å². The van der Waals surface area contributed by atoms with Crippen molar-refractivity contribution in [2.75, 3.05) is 0 Å². The van der Waals surface area contributed by atoms with Gasteiger partial charge in [0.25, 0.3) is 0 Å². The van der Waals surface area contributed by atoms with Crippen molar-refractivity contribution in [3.63, 3.8) is 0 Å². The van der Waals surface area contributed by atoms with Crippen molar-refractivity contribution < 1.29 is 9.59 Å². The first-order valence-electron chi connectivity index (χ1n) is 4.89. The molecule has 0 spiro atoms. The highest BCUT2D eigenvalue weighted by molar-refractivity contribution is 5.94. The largest absolute Gasteiger partial charge is 0.369 e. The molecule has 0 saturated heterocycles. The predicted molar refractivity (Wildman–Crippen MR) is 61.9 cm³/mol. The summed E-state index contributed by atoms with van der Waals surface area (Å²) >= 11 is 0. The van der Waals surface area contributed by atoms with Crippen LogP contribution in [0.3, 0.4) is 0 Å². The maximum Gasteiger partial charge on any atom is 0.229 e. The second-order valence-electron chi connectivity index (χ2n) is 3.53. The molecule has 0 bridgehead atoms. The number of amides is 1. The Hall–Kier alpha value is -2.08. The lowest BCUT2D eigenvalue weighted by Gasteiger charge is -2.00. The van der Waals surface area contributed by atoms with Crippen molar-refractivity contribution in [2.45, 2.75) is 20.3 Å². The van der Waals surface area contributed by atoms with E-state index in [4.69, 9.17) is 5.73 Å². The van der Waals surface area contributed by atoms with E-state index in [1.807, 2.05) is 13.0 Å². The van der Waals surface area contributed by atoms with Crippen molar-refractivity contribution in [3.05, 3.63) is 34.9 Å². The first-order valence-corrected chi connectivity index (χ1v) is 4.89. The van der Waals surface area contributed by atoms with Crippen LogP contribution in [0.1, 0.15) is 34.8 Å². The number of nitrogens with two attached hydrogens (primary N) is 1. The smallest absolute Gasteiger partial charge is 0.229 e. The highest BCUT2D eigenvalue weighted by Crippen LogP contribution is 2.10. The van der Waals surface area contributed by atoms with Gasteiger partial charge in [-0.2, -0.15) is 0 Å². The Labute approximate surface area is 94.6 Å². The van der Waals surface area contributed by atoms with Crippen LogP contribution >= 0.6 is 0 Å². The highest BCUT2D eigenvalue weighted by atomic mass is 16.1. The predicted octanol–water partition coefficient (Wildman–Crippen LogP) is 1.42. The number of aryl methyl sites for hydroxylation is 1. The van der Waals surface area contributed by atoms with E-state index in [-0.39, 0.29) is 12.2 Å². The van der Waals surface area contributed by atoms with Crippen molar-refractivity contribution in [3.8, 4) is 11.8 Å². The third kappa shape index (κ3) is 3.25. The summed E-state index contributed by atoms with van der Waals surface area (Å²) in [5, 5.41) is 0. The maximum atomic E-state index is 11.2. The number of carbonyl (C=O) groups is 2. The van der Waals surface area contributed by atoms with Gasteiger partial charge in [0.15, 0.2) is 5.78 Å². The molecule has 3 heteroatoms. The van der Waals surface area contributed by atoms with E-state index < -0.39 is 5.91 Å². The van der Waals surface area contributed by atoms with Crippen LogP contribution in [0.25, 0.3) is 0 Å². The van der Waals surface area contributed by atoms with Crippen molar-refractivity contribution >= 4 is 11.7 Å². The van der Waals surface area contributed by atoms with Crippen molar-refractivity contribution in [1.82, 2.24) is 0 Å². The normalized spacial score (nSPS) is 9.12. The molecule has 0 atom stereocenters. The van der Waals surface area contributed by atoms with Gasteiger partial charge in [-0.3, -0.25) is 9.59 Å². The summed E-state index contributed by atoms with van der Waals surface area (Å²) in [6.07, 6.45) is 0.0315. The number of carbonyl (C=O) groups excluding carboxylic acids is 2. The fourth-order valence-electron chi connectivity index (χ4n) is 1.20. The Kier molecular flexibility index (Phi) is 3.84. The molecular weight excluding hydrogens is 202 g/mol. The van der Waals surface area contributed by atoms with E-state index in [9.17, 15) is 9.59 Å². The van der Waals surface area contributed by atoms with Gasteiger partial charge < -0.3 is 5.73 Å². The van der Waals surface area contributed by atoms with Crippen LogP contribution in [0.4, 0.5) is 0 Å². The summed E-state index contributed by atoms with van der Waals surface area (Å²) < 4.78 is 0. The fourth-order valence-corrected chi connectivity index (χ4v) is 1.20. The van der Waals surface area contributed by atoms with Gasteiger partial charge >= 0.3 is 0 Å². The van der Waals surface area contributed by atoms with E-state index in [0.717, 1.165) is 11.1 Å². The molecular formula is C13H13NO2. The Morgan fingerprint density at radius 1 is 1.38 bits per heavy atom. The summed E-state index contributed by atoms with van der Waals surface area (Å²) in [6, 6.07) is 5.33. The van der Waals surface area contributed by atoms with Gasteiger partial charge in [0.1, 0.15) is 0 Å². The van der Waals surface area contributed by atoms with E-state index in [0.29, 0.717) is 5.56 Å². The first kappa shape index (κ1) is 12.0. The van der Waals surface area contributed by atoms with Gasteiger partial charge in [0.05, 0.1) is 6.42 Å². The molecule has 0 radical (unpaired) electrons. The SMILES string of the molecule is CC(=O)c1ccc(C)c(C#CCC(N)=O)c1. The summed E-state index contributed by atoms with van der Waals surface area (Å²) in [7, 11) is 0. The van der Waals surface area contributed by atoms with Gasteiger partial charge in [-0.25, -0.2) is 0 Å². The molecule has 82 valence electrons. The molecule has 16 heavy (non-hydrogen) atoms. The molecule has 0 aliphatic carbocycles. The molecule has 0 saturated carbocycles. The Morgan fingerprint density at radius 2 is 2.06 bits per heavy atom. The lowest BCUT2D eigenvalue weighted by molar-refractivity contribution is -0.117. The summed E-state index contributed by atoms with van der Waals surface area (Å²) in [6.45, 7) is 3.41. The summed E-state index contributed by atoms with van der Waals surface area (Å²) in [4.78, 5) is 21.7. The zero-order valence-electron chi connectivity index (χ0n) is 9.33. The van der Waals surface area contributed by atoms with E-state index in [1.54, 1.807) is 12.1 Å². The lowest BCUT2D eigenvalue weighted by Crippen LogP contribution is -2.08. The minimum absolute atomic E-state index is 0.00190. The zero-order chi connectivity index (χ0) is 12.1. The van der Waals surface area contributed by atoms with Gasteiger partial charge in [-0.1, -0.05) is 24.0 Å². The number of hydrogen-bond acceptors (Lipinski definition) is 2. The lowest BCUT2D eigenvalue weighted by atomic mass is 10.0. The number of hydrogen-bond donors (Lipinski definition) is 1. The molecule has 2 N–H and O–H groups in total. The molecule has 1 amide bonds. The van der Waals surface area contributed by atoms with Crippen LogP contribution in [0.2, 0.25) is 0 Å². The summed E-state index contributed by atoms with van der Waals surface area (Å²) in [5.41, 5.74) is 7.33. The first-order chi connectivity index (χ1) is 7.50. The molecule has 1 aromatic rings. The third-order valence-corrected chi connectivity index (χ3v) is 2.13. The highest BCUT2D eigenvalue weighted by Gasteiger charge is 2.01. The molecule has 1 rings (SSSR count). The zero-order valence-corrected chi connectivity index (χ0v) is 9.33. The van der Waals surface area contributed by atoms with E-state index in [1.165, 1.54) is 6.92 Å². The second-order valence-corrected chi connectivity index (χ2v) is 3.53. The fraction of sp³-hybridized carbons (Fsp3) is 0.231. The second kappa shape index (κ2) is 5.13. The van der Waals surface area contributed by atoms with Crippen LogP contribution in [0.5, 0.6) is 0 Å². The van der Waals surface area contributed by atoms with E-state index >= 15 is 0 Å². The number of primary amides is 1. The molecule has 3 nitrogen and oxygen atoms in total.